The van der Waals surface area contributed by atoms with Crippen molar-refractivity contribution in [2.45, 2.75) is 12.8 Å². The summed E-state index contributed by atoms with van der Waals surface area (Å²) in [6.45, 7) is 1.16. The zero-order valence-electron chi connectivity index (χ0n) is 6.00. The molecule has 0 saturated carbocycles. The lowest BCUT2D eigenvalue weighted by molar-refractivity contribution is 0.745. The Morgan fingerprint density at radius 2 is 2.60 bits per heavy atom. The number of fused-ring (bicyclic) bond motifs is 1. The summed E-state index contributed by atoms with van der Waals surface area (Å²) in [7, 11) is 2.11. The van der Waals surface area contributed by atoms with Crippen LogP contribution in [0.25, 0.3) is 0 Å². The van der Waals surface area contributed by atoms with Crippen LogP contribution in [0.3, 0.4) is 0 Å². The molecule has 0 fully saturated rings. The van der Waals surface area contributed by atoms with Crippen LogP contribution in [-0.4, -0.2) is 18.6 Å². The van der Waals surface area contributed by atoms with Crippen molar-refractivity contribution in [3.63, 3.8) is 0 Å². The highest BCUT2D eigenvalue weighted by atomic mass is 32.1. The van der Waals surface area contributed by atoms with Crippen molar-refractivity contribution >= 4 is 17.2 Å². The molecule has 0 bridgehead atoms. The maximum Gasteiger partial charge on any atom is 0.142 e. The molecule has 0 amide bonds. The topological polar surface area (TPSA) is 16.1 Å². The van der Waals surface area contributed by atoms with Crippen LogP contribution in [0.15, 0.2) is 5.51 Å². The lowest BCUT2D eigenvalue weighted by atomic mass is 10.2. The first kappa shape index (κ1) is 6.16. The van der Waals surface area contributed by atoms with E-state index in [4.69, 9.17) is 0 Å². The Kier molecular flexibility index (Phi) is 1.38. The minimum atomic E-state index is 1.16. The molecule has 54 valence electrons. The van der Waals surface area contributed by atoms with Gasteiger partial charge in [-0.3, -0.25) is 0 Å². The second-order valence-electron chi connectivity index (χ2n) is 2.62. The van der Waals surface area contributed by atoms with E-state index in [0.717, 1.165) is 6.54 Å². The van der Waals surface area contributed by atoms with Gasteiger partial charge in [0.05, 0.1) is 5.51 Å². The van der Waals surface area contributed by atoms with Gasteiger partial charge in [0, 0.05) is 18.5 Å². The minimum absolute atomic E-state index is 1.16. The Hall–Kier alpha value is -0.570. The fraction of sp³-hybridized carbons (Fsp3) is 0.571. The van der Waals surface area contributed by atoms with Gasteiger partial charge in [0.15, 0.2) is 0 Å². The average Bonchev–Trinajstić information content (AvgIpc) is 2.36. The molecule has 0 atom stereocenters. The first-order valence-corrected chi connectivity index (χ1v) is 4.39. The molecule has 2 nitrogen and oxygen atoms in total. The van der Waals surface area contributed by atoms with Crippen molar-refractivity contribution in [3.8, 4) is 0 Å². The fourth-order valence-corrected chi connectivity index (χ4v) is 2.19. The molecular formula is C7H10N2S. The monoisotopic (exact) mass is 154 g/mol. The smallest absolute Gasteiger partial charge is 0.142 e. The third-order valence-corrected chi connectivity index (χ3v) is 2.76. The van der Waals surface area contributed by atoms with E-state index < -0.39 is 0 Å². The Morgan fingerprint density at radius 1 is 1.70 bits per heavy atom. The zero-order chi connectivity index (χ0) is 6.97. The van der Waals surface area contributed by atoms with Gasteiger partial charge >= 0.3 is 0 Å². The van der Waals surface area contributed by atoms with E-state index in [9.17, 15) is 0 Å². The highest BCUT2D eigenvalue weighted by Gasteiger charge is 2.14. The van der Waals surface area contributed by atoms with Gasteiger partial charge in [-0.2, -0.15) is 0 Å². The predicted octanol–water partition coefficient (Wildman–Crippen LogP) is 1.53. The van der Waals surface area contributed by atoms with Gasteiger partial charge in [0.1, 0.15) is 5.82 Å². The lowest BCUT2D eigenvalue weighted by Gasteiger charge is -2.22. The average molecular weight is 154 g/mol. The maximum atomic E-state index is 4.28. The fourth-order valence-electron chi connectivity index (χ4n) is 1.33. The van der Waals surface area contributed by atoms with Crippen LogP contribution in [-0.2, 0) is 6.42 Å². The number of hydrogen-bond donors (Lipinski definition) is 0. The van der Waals surface area contributed by atoms with Gasteiger partial charge in [-0.15, -0.1) is 11.3 Å². The van der Waals surface area contributed by atoms with Crippen molar-refractivity contribution in [1.29, 1.82) is 0 Å². The quantitative estimate of drug-likeness (QED) is 0.563. The van der Waals surface area contributed by atoms with Crippen molar-refractivity contribution in [1.82, 2.24) is 4.98 Å². The second kappa shape index (κ2) is 2.23. The van der Waals surface area contributed by atoms with E-state index in [2.05, 4.69) is 16.9 Å². The molecule has 1 aliphatic heterocycles. The molecule has 1 aliphatic rings. The number of nitrogens with zero attached hydrogens (tertiary/aromatic N) is 2. The first-order chi connectivity index (χ1) is 4.88. The summed E-state index contributed by atoms with van der Waals surface area (Å²) < 4.78 is 0. The third kappa shape index (κ3) is 0.814. The van der Waals surface area contributed by atoms with Gasteiger partial charge in [-0.25, -0.2) is 4.98 Å². The van der Waals surface area contributed by atoms with Gasteiger partial charge in [-0.05, 0) is 12.8 Å². The molecule has 0 aromatic carbocycles. The maximum absolute atomic E-state index is 4.28. The Bertz CT molecular complexity index is 231. The number of aromatic nitrogens is 1. The molecular weight excluding hydrogens is 144 g/mol. The normalized spacial score (nSPS) is 17.1. The van der Waals surface area contributed by atoms with Crippen LogP contribution in [0.1, 0.15) is 11.3 Å². The molecule has 3 heteroatoms. The Labute approximate surface area is 64.5 Å². The highest BCUT2D eigenvalue weighted by Crippen LogP contribution is 2.27. The van der Waals surface area contributed by atoms with E-state index >= 15 is 0 Å². The lowest BCUT2D eigenvalue weighted by Crippen LogP contribution is -2.23. The number of anilines is 1. The van der Waals surface area contributed by atoms with Crippen LogP contribution in [0.4, 0.5) is 5.82 Å². The summed E-state index contributed by atoms with van der Waals surface area (Å²) in [5.41, 5.74) is 1.94. The number of hydrogen-bond acceptors (Lipinski definition) is 3. The van der Waals surface area contributed by atoms with Gasteiger partial charge < -0.3 is 4.90 Å². The Morgan fingerprint density at radius 3 is 3.40 bits per heavy atom. The summed E-state index contributed by atoms with van der Waals surface area (Å²) in [6.07, 6.45) is 2.51. The van der Waals surface area contributed by atoms with Crippen molar-refractivity contribution in [3.05, 3.63) is 10.4 Å². The third-order valence-electron chi connectivity index (χ3n) is 1.88. The minimum Gasteiger partial charge on any atom is -0.359 e. The standard InChI is InChI=1S/C7H10N2S/c1-9-4-2-3-6-7(9)8-5-10-6/h5H,2-4H2,1H3. The molecule has 0 aliphatic carbocycles. The van der Waals surface area contributed by atoms with Crippen molar-refractivity contribution < 1.29 is 0 Å². The molecule has 0 radical (unpaired) electrons. The van der Waals surface area contributed by atoms with Crippen LogP contribution in [0, 0.1) is 0 Å². The molecule has 2 heterocycles. The van der Waals surface area contributed by atoms with E-state index in [1.54, 1.807) is 11.3 Å². The van der Waals surface area contributed by atoms with E-state index in [1.165, 1.54) is 23.5 Å². The molecule has 10 heavy (non-hydrogen) atoms. The SMILES string of the molecule is CN1CCCc2scnc21. The van der Waals surface area contributed by atoms with Crippen molar-refractivity contribution in [2.24, 2.45) is 0 Å². The van der Waals surface area contributed by atoms with Crippen LogP contribution in [0.2, 0.25) is 0 Å². The second-order valence-corrected chi connectivity index (χ2v) is 3.56. The van der Waals surface area contributed by atoms with E-state index in [1.807, 2.05) is 5.51 Å². The molecule has 0 N–H and O–H groups in total. The van der Waals surface area contributed by atoms with E-state index in [-0.39, 0.29) is 0 Å². The molecule has 0 spiro atoms. The summed E-state index contributed by atoms with van der Waals surface area (Å²) in [5, 5.41) is 0. The molecule has 2 rings (SSSR count). The summed E-state index contributed by atoms with van der Waals surface area (Å²) in [6, 6.07) is 0. The summed E-state index contributed by atoms with van der Waals surface area (Å²) >= 11 is 1.78. The van der Waals surface area contributed by atoms with Gasteiger partial charge in [0.2, 0.25) is 0 Å². The van der Waals surface area contributed by atoms with Crippen LogP contribution in [0.5, 0.6) is 0 Å². The number of rotatable bonds is 0. The van der Waals surface area contributed by atoms with Crippen LogP contribution >= 0.6 is 11.3 Å². The molecule has 0 saturated heterocycles. The number of aryl methyl sites for hydroxylation is 1. The predicted molar refractivity (Wildman–Crippen MR) is 43.7 cm³/mol. The van der Waals surface area contributed by atoms with Gasteiger partial charge in [0.25, 0.3) is 0 Å². The summed E-state index contributed by atoms with van der Waals surface area (Å²) in [5.74, 6) is 1.20. The number of thiazole rings is 1. The molecule has 1 aromatic rings. The molecule has 1 aromatic heterocycles. The van der Waals surface area contributed by atoms with Crippen LogP contribution < -0.4 is 4.90 Å². The van der Waals surface area contributed by atoms with Gasteiger partial charge in [-0.1, -0.05) is 0 Å². The highest BCUT2D eigenvalue weighted by molar-refractivity contribution is 7.10. The summed E-state index contributed by atoms with van der Waals surface area (Å²) in [4.78, 5) is 7.97. The van der Waals surface area contributed by atoms with E-state index in [0.29, 0.717) is 0 Å². The Balaban J connectivity index is 2.41. The zero-order valence-corrected chi connectivity index (χ0v) is 6.82. The molecule has 0 unspecified atom stereocenters. The first-order valence-electron chi connectivity index (χ1n) is 3.51. The van der Waals surface area contributed by atoms with Crippen molar-refractivity contribution in [2.75, 3.05) is 18.5 Å². The largest absolute Gasteiger partial charge is 0.359 e.